The van der Waals surface area contributed by atoms with E-state index in [4.69, 9.17) is 14.5 Å². The molecule has 0 saturated carbocycles. The van der Waals surface area contributed by atoms with E-state index < -0.39 is 0 Å². The molecule has 0 fully saturated rings. The summed E-state index contributed by atoms with van der Waals surface area (Å²) >= 11 is 0. The van der Waals surface area contributed by atoms with Crippen LogP contribution in [0.1, 0.15) is 28.9 Å². The minimum Gasteiger partial charge on any atom is -0.497 e. The smallest absolute Gasteiger partial charge is 0.119 e. The lowest BCUT2D eigenvalue weighted by Gasteiger charge is -2.12. The summed E-state index contributed by atoms with van der Waals surface area (Å²) in [4.78, 5) is 4.90. The van der Waals surface area contributed by atoms with Gasteiger partial charge in [0, 0.05) is 13.0 Å². The van der Waals surface area contributed by atoms with Crippen LogP contribution in [0.2, 0.25) is 0 Å². The summed E-state index contributed by atoms with van der Waals surface area (Å²) in [5, 5.41) is 0. The molecule has 0 unspecified atom stereocenters. The first-order valence-electron chi connectivity index (χ1n) is 10.4. The van der Waals surface area contributed by atoms with Crippen LogP contribution >= 0.6 is 0 Å². The number of nitrogens with zero attached hydrogens (tertiary/aromatic N) is 2. The van der Waals surface area contributed by atoms with Crippen LogP contribution in [-0.4, -0.2) is 23.3 Å². The summed E-state index contributed by atoms with van der Waals surface area (Å²) < 4.78 is 13.6. The second-order valence-corrected chi connectivity index (χ2v) is 7.72. The van der Waals surface area contributed by atoms with Crippen molar-refractivity contribution in [2.75, 3.05) is 13.7 Å². The predicted octanol–water partition coefficient (Wildman–Crippen LogP) is 5.72. The molecule has 3 aromatic carbocycles. The summed E-state index contributed by atoms with van der Waals surface area (Å²) in [6.07, 6.45) is 1.71. The lowest BCUT2D eigenvalue weighted by atomic mass is 10.1. The number of hydrogen-bond acceptors (Lipinski definition) is 3. The van der Waals surface area contributed by atoms with Crippen molar-refractivity contribution in [2.45, 2.75) is 33.2 Å². The maximum absolute atomic E-state index is 6.01. The zero-order chi connectivity index (χ0) is 20.9. The van der Waals surface area contributed by atoms with Gasteiger partial charge in [0.2, 0.25) is 0 Å². The topological polar surface area (TPSA) is 36.3 Å². The Morgan fingerprint density at radius 1 is 0.867 bits per heavy atom. The lowest BCUT2D eigenvalue weighted by Crippen LogP contribution is -2.08. The monoisotopic (exact) mass is 400 g/mol. The summed E-state index contributed by atoms with van der Waals surface area (Å²) in [5.41, 5.74) is 5.89. The van der Waals surface area contributed by atoms with Crippen molar-refractivity contribution in [1.82, 2.24) is 9.55 Å². The van der Waals surface area contributed by atoms with Gasteiger partial charge in [0.05, 0.1) is 24.8 Å². The molecular formula is C26H28N2O2. The van der Waals surface area contributed by atoms with Gasteiger partial charge in [0.25, 0.3) is 0 Å². The molecule has 0 aliphatic rings. The van der Waals surface area contributed by atoms with E-state index >= 15 is 0 Å². The van der Waals surface area contributed by atoms with Gasteiger partial charge in [-0.1, -0.05) is 30.3 Å². The van der Waals surface area contributed by atoms with Crippen molar-refractivity contribution in [3.8, 4) is 11.5 Å². The molecule has 1 aromatic heterocycles. The molecule has 0 saturated heterocycles. The van der Waals surface area contributed by atoms with E-state index in [0.29, 0.717) is 6.61 Å². The summed E-state index contributed by atoms with van der Waals surface area (Å²) in [6, 6.07) is 22.9. The van der Waals surface area contributed by atoms with Crippen LogP contribution in [0, 0.1) is 13.8 Å². The fourth-order valence-electron chi connectivity index (χ4n) is 3.86. The molecule has 0 radical (unpaired) electrons. The number of hydrogen-bond donors (Lipinski definition) is 0. The molecule has 4 heteroatoms. The summed E-state index contributed by atoms with van der Waals surface area (Å²) in [7, 11) is 1.69. The molecule has 0 atom stereocenters. The Hall–Kier alpha value is -3.27. The molecule has 0 amide bonds. The maximum atomic E-state index is 6.01. The number of para-hydroxylation sites is 2. The highest BCUT2D eigenvalue weighted by Crippen LogP contribution is 2.21. The van der Waals surface area contributed by atoms with E-state index in [0.717, 1.165) is 42.2 Å². The van der Waals surface area contributed by atoms with Gasteiger partial charge in [-0.05, 0) is 73.4 Å². The lowest BCUT2D eigenvalue weighted by molar-refractivity contribution is 0.301. The summed E-state index contributed by atoms with van der Waals surface area (Å²) in [5.74, 6) is 2.89. The highest BCUT2D eigenvalue weighted by atomic mass is 16.5. The predicted molar refractivity (Wildman–Crippen MR) is 122 cm³/mol. The zero-order valence-electron chi connectivity index (χ0n) is 17.9. The average molecular weight is 401 g/mol. The van der Waals surface area contributed by atoms with Crippen LogP contribution in [0.3, 0.4) is 0 Å². The van der Waals surface area contributed by atoms with Gasteiger partial charge in [0.1, 0.15) is 17.3 Å². The van der Waals surface area contributed by atoms with Crippen LogP contribution in [0.4, 0.5) is 0 Å². The Morgan fingerprint density at radius 3 is 2.33 bits per heavy atom. The third kappa shape index (κ3) is 4.65. The molecule has 0 aliphatic heterocycles. The molecule has 0 bridgehead atoms. The van der Waals surface area contributed by atoms with Crippen LogP contribution < -0.4 is 9.47 Å². The molecule has 4 aromatic rings. The number of aryl methyl sites for hydroxylation is 3. The van der Waals surface area contributed by atoms with E-state index in [1.165, 1.54) is 22.2 Å². The van der Waals surface area contributed by atoms with E-state index in [1.54, 1.807) is 7.11 Å². The first-order chi connectivity index (χ1) is 14.6. The van der Waals surface area contributed by atoms with Crippen molar-refractivity contribution in [3.05, 3.63) is 89.2 Å². The number of fused-ring (bicyclic) bond motifs is 1. The Kier molecular flexibility index (Phi) is 6.03. The third-order valence-corrected chi connectivity index (χ3v) is 5.24. The number of imidazole rings is 1. The van der Waals surface area contributed by atoms with Crippen molar-refractivity contribution in [2.24, 2.45) is 0 Å². The van der Waals surface area contributed by atoms with Crippen LogP contribution in [-0.2, 0) is 13.0 Å². The van der Waals surface area contributed by atoms with Crippen LogP contribution in [0.5, 0.6) is 11.5 Å². The highest BCUT2D eigenvalue weighted by molar-refractivity contribution is 5.76. The zero-order valence-corrected chi connectivity index (χ0v) is 17.9. The van der Waals surface area contributed by atoms with Crippen molar-refractivity contribution in [3.63, 3.8) is 0 Å². The highest BCUT2D eigenvalue weighted by Gasteiger charge is 2.11. The fourth-order valence-corrected chi connectivity index (χ4v) is 3.86. The second kappa shape index (κ2) is 9.04. The van der Waals surface area contributed by atoms with Crippen LogP contribution in [0.25, 0.3) is 11.0 Å². The molecule has 154 valence electrons. The molecule has 1 heterocycles. The molecule has 4 rings (SSSR count). The fraction of sp³-hybridized carbons (Fsp3) is 0.269. The molecule has 0 N–H and O–H groups in total. The Bertz CT molecular complexity index is 1110. The second-order valence-electron chi connectivity index (χ2n) is 7.72. The number of aromatic nitrogens is 2. The normalized spacial score (nSPS) is 11.0. The van der Waals surface area contributed by atoms with Gasteiger partial charge in [-0.25, -0.2) is 4.98 Å². The average Bonchev–Trinajstić information content (AvgIpc) is 3.08. The Labute approximate surface area is 178 Å². The van der Waals surface area contributed by atoms with Crippen molar-refractivity contribution in [1.29, 1.82) is 0 Å². The third-order valence-electron chi connectivity index (χ3n) is 5.24. The van der Waals surface area contributed by atoms with E-state index in [9.17, 15) is 0 Å². The van der Waals surface area contributed by atoms with Crippen molar-refractivity contribution < 1.29 is 9.47 Å². The number of ether oxygens (including phenoxy) is 2. The number of methoxy groups -OCH3 is 1. The van der Waals surface area contributed by atoms with Gasteiger partial charge < -0.3 is 14.0 Å². The van der Waals surface area contributed by atoms with Gasteiger partial charge in [-0.3, -0.25) is 0 Å². The number of rotatable bonds is 8. The van der Waals surface area contributed by atoms with Gasteiger partial charge in [-0.15, -0.1) is 0 Å². The first kappa shape index (κ1) is 20.0. The van der Waals surface area contributed by atoms with E-state index in [2.05, 4.69) is 66.9 Å². The molecule has 0 aliphatic carbocycles. The SMILES string of the molecule is COc1ccc(Cc2nc3ccccc3n2CCCOc2cc(C)cc(C)c2)cc1. The van der Waals surface area contributed by atoms with Gasteiger partial charge in [0.15, 0.2) is 0 Å². The maximum Gasteiger partial charge on any atom is 0.119 e. The van der Waals surface area contributed by atoms with Crippen molar-refractivity contribution >= 4 is 11.0 Å². The minimum atomic E-state index is 0.678. The molecule has 4 nitrogen and oxygen atoms in total. The van der Waals surface area contributed by atoms with Gasteiger partial charge in [-0.2, -0.15) is 0 Å². The quantitative estimate of drug-likeness (QED) is 0.355. The van der Waals surface area contributed by atoms with Crippen LogP contribution in [0.15, 0.2) is 66.7 Å². The largest absolute Gasteiger partial charge is 0.497 e. The van der Waals surface area contributed by atoms with E-state index in [1.807, 2.05) is 18.2 Å². The summed E-state index contributed by atoms with van der Waals surface area (Å²) in [6.45, 7) is 5.75. The minimum absolute atomic E-state index is 0.678. The molecule has 30 heavy (non-hydrogen) atoms. The molecule has 0 spiro atoms. The van der Waals surface area contributed by atoms with E-state index in [-0.39, 0.29) is 0 Å². The first-order valence-corrected chi connectivity index (χ1v) is 10.4. The Morgan fingerprint density at radius 2 is 1.60 bits per heavy atom. The van der Waals surface area contributed by atoms with Gasteiger partial charge >= 0.3 is 0 Å². The molecular weight excluding hydrogens is 372 g/mol. The number of benzene rings is 3. The standard InChI is InChI=1S/C26H28N2O2/c1-19-15-20(2)17-23(16-19)30-14-6-13-28-25-8-5-4-7-24(25)27-26(28)18-21-9-11-22(29-3)12-10-21/h4-5,7-12,15-17H,6,13-14,18H2,1-3H3. The Balaban J connectivity index is 1.48.